The van der Waals surface area contributed by atoms with Crippen molar-refractivity contribution < 1.29 is 29.3 Å². The van der Waals surface area contributed by atoms with Gasteiger partial charge in [0.25, 0.3) is 11.9 Å². The Hall–Kier alpha value is -2.91. The summed E-state index contributed by atoms with van der Waals surface area (Å²) in [6.45, 7) is 3.67. The molecule has 3 rings (SSSR count). The second-order valence-corrected chi connectivity index (χ2v) is 7.69. The Labute approximate surface area is 189 Å². The predicted octanol–water partition coefficient (Wildman–Crippen LogP) is 3.40. The number of carboxylic acid groups (broad SMARTS) is 2. The minimum atomic E-state index is -0.833. The van der Waals surface area contributed by atoms with Gasteiger partial charge in [-0.1, -0.05) is 6.42 Å². The number of aliphatic carboxylic acids is 2. The highest BCUT2D eigenvalue weighted by Gasteiger charge is 2.21. The van der Waals surface area contributed by atoms with Crippen molar-refractivity contribution >= 4 is 11.9 Å². The molecule has 32 heavy (non-hydrogen) atoms. The Bertz CT molecular complexity index is 832. The fraction of sp³-hybridized carbons (Fsp3) is 0.522. The molecule has 1 aromatic carbocycles. The molecular formula is C23H35N3O6. The lowest BCUT2D eigenvalue weighted by molar-refractivity contribution is -0.135. The number of hydrogen-bond donors (Lipinski definition) is 3. The zero-order valence-electron chi connectivity index (χ0n) is 19.3. The van der Waals surface area contributed by atoms with E-state index < -0.39 is 11.9 Å². The molecule has 0 spiro atoms. The Kier molecular flexibility index (Phi) is 12.0. The molecule has 1 fully saturated rings. The standard InChI is InChI=1S/C19H27N3O2.2C2H4O2/c1-23-13-16-11-15(6-7-18(16)24-2)19-21-8-9-22(19)12-14-4-3-5-17(20)10-14;2*1-2(3)4/h6-9,11,14,17H,3-5,10,12-13,20H2,1-2H3;2*1H3,(H,3,4)/t14-,17+;;/m0../s1. The number of nitrogens with zero attached hydrogens (tertiary/aromatic N) is 2. The summed E-state index contributed by atoms with van der Waals surface area (Å²) in [7, 11) is 3.38. The molecule has 0 bridgehead atoms. The van der Waals surface area contributed by atoms with Crippen LogP contribution in [0.4, 0.5) is 0 Å². The average Bonchev–Trinajstić information content (AvgIpc) is 3.15. The molecule has 1 saturated carbocycles. The Morgan fingerprint density at radius 2 is 1.84 bits per heavy atom. The van der Waals surface area contributed by atoms with Gasteiger partial charge in [-0.3, -0.25) is 9.59 Å². The van der Waals surface area contributed by atoms with Gasteiger partial charge < -0.3 is 30.0 Å². The van der Waals surface area contributed by atoms with Gasteiger partial charge in [0.05, 0.1) is 13.7 Å². The molecule has 0 unspecified atom stereocenters. The third kappa shape index (κ3) is 9.93. The van der Waals surface area contributed by atoms with Gasteiger partial charge in [0.1, 0.15) is 11.6 Å². The van der Waals surface area contributed by atoms with Gasteiger partial charge in [0.2, 0.25) is 0 Å². The molecule has 1 aromatic heterocycles. The lowest BCUT2D eigenvalue weighted by atomic mass is 9.86. The van der Waals surface area contributed by atoms with Crippen molar-refractivity contribution in [1.29, 1.82) is 0 Å². The lowest BCUT2D eigenvalue weighted by Crippen LogP contribution is -2.29. The van der Waals surface area contributed by atoms with Crippen LogP contribution < -0.4 is 10.5 Å². The molecule has 1 heterocycles. The Morgan fingerprint density at radius 3 is 2.41 bits per heavy atom. The van der Waals surface area contributed by atoms with Crippen molar-refractivity contribution in [2.75, 3.05) is 14.2 Å². The second-order valence-electron chi connectivity index (χ2n) is 7.69. The molecule has 0 radical (unpaired) electrons. The summed E-state index contributed by atoms with van der Waals surface area (Å²) in [6, 6.07) is 6.50. The predicted molar refractivity (Wildman–Crippen MR) is 121 cm³/mol. The van der Waals surface area contributed by atoms with Crippen molar-refractivity contribution in [1.82, 2.24) is 9.55 Å². The van der Waals surface area contributed by atoms with Crippen molar-refractivity contribution in [3.05, 3.63) is 36.2 Å². The summed E-state index contributed by atoms with van der Waals surface area (Å²) in [5.41, 5.74) is 8.26. The van der Waals surface area contributed by atoms with Crippen LogP contribution in [-0.4, -0.2) is 52.0 Å². The molecule has 4 N–H and O–H groups in total. The fourth-order valence-corrected chi connectivity index (χ4v) is 3.68. The molecule has 1 aliphatic carbocycles. The van der Waals surface area contributed by atoms with E-state index in [0.29, 0.717) is 18.6 Å². The van der Waals surface area contributed by atoms with Gasteiger partial charge in [0, 0.05) is 57.1 Å². The van der Waals surface area contributed by atoms with Gasteiger partial charge in [-0.2, -0.15) is 0 Å². The molecule has 2 aromatic rings. The topological polar surface area (TPSA) is 137 Å². The number of benzene rings is 1. The molecule has 2 atom stereocenters. The number of nitrogens with two attached hydrogens (primary N) is 1. The van der Waals surface area contributed by atoms with Gasteiger partial charge in [0.15, 0.2) is 0 Å². The van der Waals surface area contributed by atoms with Gasteiger partial charge >= 0.3 is 0 Å². The lowest BCUT2D eigenvalue weighted by Gasteiger charge is -2.27. The number of aromatic nitrogens is 2. The third-order valence-corrected chi connectivity index (χ3v) is 4.83. The molecule has 9 heteroatoms. The van der Waals surface area contributed by atoms with Crippen LogP contribution in [0.25, 0.3) is 11.4 Å². The van der Waals surface area contributed by atoms with E-state index >= 15 is 0 Å². The molecule has 0 saturated heterocycles. The van der Waals surface area contributed by atoms with Crippen LogP contribution >= 0.6 is 0 Å². The highest BCUT2D eigenvalue weighted by molar-refractivity contribution is 5.63. The quantitative estimate of drug-likeness (QED) is 0.610. The van der Waals surface area contributed by atoms with Crippen LogP contribution in [0, 0.1) is 5.92 Å². The van der Waals surface area contributed by atoms with Crippen molar-refractivity contribution in [3.63, 3.8) is 0 Å². The third-order valence-electron chi connectivity index (χ3n) is 4.83. The summed E-state index contributed by atoms with van der Waals surface area (Å²) in [4.78, 5) is 22.6. The highest BCUT2D eigenvalue weighted by Crippen LogP contribution is 2.29. The first-order chi connectivity index (χ1) is 15.2. The van der Waals surface area contributed by atoms with Crippen LogP contribution in [0.3, 0.4) is 0 Å². The van der Waals surface area contributed by atoms with E-state index in [1.165, 1.54) is 12.8 Å². The monoisotopic (exact) mass is 449 g/mol. The molecule has 0 amide bonds. The van der Waals surface area contributed by atoms with E-state index in [1.54, 1.807) is 14.2 Å². The number of ether oxygens (including phenoxy) is 2. The fourth-order valence-electron chi connectivity index (χ4n) is 3.68. The average molecular weight is 450 g/mol. The molecule has 0 aliphatic heterocycles. The summed E-state index contributed by atoms with van der Waals surface area (Å²) >= 11 is 0. The first-order valence-electron chi connectivity index (χ1n) is 10.5. The van der Waals surface area contributed by atoms with Crippen LogP contribution in [0.15, 0.2) is 30.6 Å². The summed E-state index contributed by atoms with van der Waals surface area (Å²) in [6.07, 6.45) is 8.69. The summed E-state index contributed by atoms with van der Waals surface area (Å²) < 4.78 is 12.9. The molecule has 1 aliphatic rings. The van der Waals surface area contributed by atoms with Crippen molar-refractivity contribution in [3.8, 4) is 17.1 Å². The van der Waals surface area contributed by atoms with E-state index in [4.69, 9.17) is 35.0 Å². The van der Waals surface area contributed by atoms with Crippen LogP contribution in [0.2, 0.25) is 0 Å². The zero-order chi connectivity index (χ0) is 24.1. The molecular weight excluding hydrogens is 414 g/mol. The maximum Gasteiger partial charge on any atom is 0.300 e. The number of hydrogen-bond acceptors (Lipinski definition) is 6. The van der Waals surface area contributed by atoms with Gasteiger partial charge in [-0.15, -0.1) is 0 Å². The Balaban J connectivity index is 0.000000554. The summed E-state index contributed by atoms with van der Waals surface area (Å²) in [5, 5.41) is 14.8. The van der Waals surface area contributed by atoms with E-state index in [9.17, 15) is 0 Å². The minimum absolute atomic E-state index is 0.352. The number of imidazole rings is 1. The van der Waals surface area contributed by atoms with Gasteiger partial charge in [-0.25, -0.2) is 4.98 Å². The number of methoxy groups -OCH3 is 2. The Morgan fingerprint density at radius 1 is 1.19 bits per heavy atom. The molecule has 9 nitrogen and oxygen atoms in total. The number of carbonyl (C=O) groups is 2. The van der Waals surface area contributed by atoms with Crippen molar-refractivity contribution in [2.45, 2.75) is 58.7 Å². The van der Waals surface area contributed by atoms with E-state index in [1.807, 2.05) is 12.3 Å². The largest absolute Gasteiger partial charge is 0.496 e. The normalized spacial score (nSPS) is 17.3. The maximum atomic E-state index is 9.00. The van der Waals surface area contributed by atoms with Crippen LogP contribution in [-0.2, 0) is 27.5 Å². The van der Waals surface area contributed by atoms with Crippen molar-refractivity contribution in [2.24, 2.45) is 11.7 Å². The first-order valence-corrected chi connectivity index (χ1v) is 10.5. The maximum absolute atomic E-state index is 9.00. The van der Waals surface area contributed by atoms with E-state index in [0.717, 1.165) is 55.9 Å². The SMILES string of the molecule is CC(=O)O.CC(=O)O.COCc1cc(-c2nccn2C[C@H]2CCC[C@@H](N)C2)ccc1OC. The summed E-state index contributed by atoms with van der Waals surface area (Å²) in [5.74, 6) is 0.810. The smallest absolute Gasteiger partial charge is 0.300 e. The van der Waals surface area contributed by atoms with E-state index in [-0.39, 0.29) is 0 Å². The second kappa shape index (κ2) is 14.2. The van der Waals surface area contributed by atoms with E-state index in [2.05, 4.69) is 27.9 Å². The van der Waals surface area contributed by atoms with Crippen LogP contribution in [0.1, 0.15) is 45.1 Å². The highest BCUT2D eigenvalue weighted by atomic mass is 16.5. The zero-order valence-corrected chi connectivity index (χ0v) is 19.3. The number of carboxylic acids is 2. The first kappa shape index (κ1) is 27.1. The number of rotatable bonds is 6. The molecule has 178 valence electrons. The van der Waals surface area contributed by atoms with Gasteiger partial charge in [-0.05, 0) is 43.4 Å². The minimum Gasteiger partial charge on any atom is -0.496 e. The van der Waals surface area contributed by atoms with Crippen LogP contribution in [0.5, 0.6) is 5.75 Å².